The molecule has 0 unspecified atom stereocenters. The number of carbonyl (C=O) groups is 2. The zero-order valence-electron chi connectivity index (χ0n) is 21.9. The summed E-state index contributed by atoms with van der Waals surface area (Å²) in [5, 5.41) is 13.9. The van der Waals surface area contributed by atoms with Crippen LogP contribution in [-0.2, 0) is 24.4 Å². The van der Waals surface area contributed by atoms with E-state index < -0.39 is 6.10 Å². The summed E-state index contributed by atoms with van der Waals surface area (Å²) in [5.41, 5.74) is 2.78. The number of hydrogen-bond donors (Lipinski definition) is 2. The minimum Gasteiger partial charge on any atom is -0.486 e. The van der Waals surface area contributed by atoms with Gasteiger partial charge in [0.25, 0.3) is 0 Å². The topological polar surface area (TPSA) is 134 Å². The molecule has 1 atom stereocenters. The predicted molar refractivity (Wildman–Crippen MR) is 148 cm³/mol. The van der Waals surface area contributed by atoms with Gasteiger partial charge in [-0.05, 0) is 36.1 Å². The van der Waals surface area contributed by atoms with E-state index in [1.807, 2.05) is 6.07 Å². The lowest BCUT2D eigenvalue weighted by atomic mass is 9.98. The van der Waals surface area contributed by atoms with Gasteiger partial charge in [0.1, 0.15) is 30.2 Å². The number of aliphatic hydroxyl groups is 1. The fourth-order valence-electron chi connectivity index (χ4n) is 4.74. The van der Waals surface area contributed by atoms with Crippen LogP contribution < -0.4 is 10.1 Å². The second kappa shape index (κ2) is 13.0. The average Bonchev–Trinajstić information content (AvgIpc) is 3.41. The molecule has 0 aliphatic carbocycles. The van der Waals surface area contributed by atoms with Gasteiger partial charge in [0, 0.05) is 52.1 Å². The fourth-order valence-corrected chi connectivity index (χ4v) is 4.74. The van der Waals surface area contributed by atoms with Crippen LogP contribution in [0.15, 0.2) is 47.6 Å². The molecule has 1 aromatic carbocycles. The number of β-amino-alcohol motifs (C(OH)–C–C–N with tert-alkyl or cyclic N) is 1. The highest BCUT2D eigenvalue weighted by Crippen LogP contribution is 2.25. The van der Waals surface area contributed by atoms with Gasteiger partial charge in [-0.1, -0.05) is 6.07 Å². The highest BCUT2D eigenvalue weighted by atomic mass is 32.1. The Hall–Kier alpha value is -3.48. The van der Waals surface area contributed by atoms with E-state index in [-0.39, 0.29) is 37.6 Å². The first-order chi connectivity index (χ1) is 18.4. The molecule has 0 saturated carbocycles. The van der Waals surface area contributed by atoms with E-state index in [9.17, 15) is 14.7 Å². The summed E-state index contributed by atoms with van der Waals surface area (Å²) in [7, 11) is 0. The third kappa shape index (κ3) is 7.55. The average molecular weight is 555 g/mol. The van der Waals surface area contributed by atoms with Gasteiger partial charge < -0.3 is 24.5 Å². The first-order valence-corrected chi connectivity index (χ1v) is 12.8. The third-order valence-corrected chi connectivity index (χ3v) is 6.94. The van der Waals surface area contributed by atoms with Crippen LogP contribution in [0, 0.1) is 0 Å². The van der Waals surface area contributed by atoms with Crippen molar-refractivity contribution in [3.05, 3.63) is 65.8 Å². The molecule has 39 heavy (non-hydrogen) atoms. The van der Waals surface area contributed by atoms with Gasteiger partial charge in [0.05, 0.1) is 18.3 Å². The van der Waals surface area contributed by atoms with Gasteiger partial charge in [0.2, 0.25) is 5.91 Å². The van der Waals surface area contributed by atoms with E-state index in [1.165, 1.54) is 23.8 Å². The normalized spacial score (nSPS) is 16.0. The number of amides is 1. The molecule has 5 rings (SSSR count). The summed E-state index contributed by atoms with van der Waals surface area (Å²) in [6.45, 7) is 5.19. The molecule has 1 saturated heterocycles. The molecule has 208 valence electrons. The summed E-state index contributed by atoms with van der Waals surface area (Å²) in [5.74, 6) is 1.95. The molecule has 2 N–H and O–H groups in total. The molecule has 0 bridgehead atoms. The van der Waals surface area contributed by atoms with Gasteiger partial charge in [-0.25, -0.2) is 15.0 Å². The molecule has 2 aliphatic rings. The number of ether oxygens (including phenoxy) is 1. The van der Waals surface area contributed by atoms with Crippen molar-refractivity contribution >= 4 is 31.0 Å². The number of carbonyl (C=O) groups excluding carboxylic acids is 2. The Bertz CT molecular complexity index is 1270. The Kier molecular flexibility index (Phi) is 9.54. The van der Waals surface area contributed by atoms with Crippen molar-refractivity contribution in [1.82, 2.24) is 24.8 Å². The molecule has 12 heteroatoms. The number of fused-ring (bicyclic) bond motifs is 1. The Morgan fingerprint density at radius 1 is 1.23 bits per heavy atom. The van der Waals surface area contributed by atoms with Crippen molar-refractivity contribution in [3.63, 3.8) is 0 Å². The quantitative estimate of drug-likeness (QED) is 0.340. The Balaban J connectivity index is 0.00000353. The number of oxazole rings is 1. The standard InChI is InChI=1S/C27H32N6O5.H2S/c1-18(34)33-12-21(13-33)31-27-9-25(29-16-30-27)26(36)5-3-22(35)14-32-7-6-19-8-23(4-2-20(19)11-32)37-15-24-10-28-17-38-24;/h2,4,8-10,16-17,21-22,35H,3,5-7,11-15H2,1H3,(H,29,30,31);1H2/t22-;/m0./s1. The minimum atomic E-state index is -0.614. The highest BCUT2D eigenvalue weighted by Gasteiger charge is 2.28. The van der Waals surface area contributed by atoms with Gasteiger partial charge in [-0.2, -0.15) is 13.5 Å². The van der Waals surface area contributed by atoms with Gasteiger partial charge in [-0.15, -0.1) is 0 Å². The number of anilines is 1. The Labute approximate surface area is 234 Å². The smallest absolute Gasteiger partial charge is 0.219 e. The van der Waals surface area contributed by atoms with E-state index in [4.69, 9.17) is 9.15 Å². The Morgan fingerprint density at radius 2 is 2.08 bits per heavy atom. The second-order valence-corrected chi connectivity index (χ2v) is 9.84. The molecular weight excluding hydrogens is 520 g/mol. The lowest BCUT2D eigenvalue weighted by molar-refractivity contribution is -0.132. The number of likely N-dealkylation sites (tertiary alicyclic amines) is 1. The maximum atomic E-state index is 12.7. The number of nitrogens with zero attached hydrogens (tertiary/aromatic N) is 5. The van der Waals surface area contributed by atoms with E-state index in [1.54, 1.807) is 24.1 Å². The van der Waals surface area contributed by atoms with Crippen molar-refractivity contribution in [3.8, 4) is 5.75 Å². The monoisotopic (exact) mass is 554 g/mol. The number of benzene rings is 1. The molecule has 0 radical (unpaired) electrons. The molecular formula is C27H34N6O5S. The number of nitrogens with one attached hydrogen (secondary N) is 1. The van der Waals surface area contributed by atoms with Crippen LogP contribution in [0.5, 0.6) is 5.75 Å². The summed E-state index contributed by atoms with van der Waals surface area (Å²) >= 11 is 0. The lowest BCUT2D eigenvalue weighted by Gasteiger charge is -2.39. The summed E-state index contributed by atoms with van der Waals surface area (Å²) in [6, 6.07) is 7.83. The molecule has 1 fully saturated rings. The maximum absolute atomic E-state index is 12.7. The van der Waals surface area contributed by atoms with Crippen LogP contribution in [0.2, 0.25) is 0 Å². The molecule has 1 amide bonds. The number of hydrogen-bond acceptors (Lipinski definition) is 10. The van der Waals surface area contributed by atoms with Crippen molar-refractivity contribution in [2.24, 2.45) is 0 Å². The second-order valence-electron chi connectivity index (χ2n) is 9.84. The van der Waals surface area contributed by atoms with Crippen LogP contribution in [0.1, 0.15) is 47.1 Å². The van der Waals surface area contributed by atoms with Crippen LogP contribution in [0.3, 0.4) is 0 Å². The van der Waals surface area contributed by atoms with Gasteiger partial charge in [0.15, 0.2) is 17.9 Å². The predicted octanol–water partition coefficient (Wildman–Crippen LogP) is 2.18. The number of aromatic nitrogens is 3. The third-order valence-electron chi connectivity index (χ3n) is 6.94. The highest BCUT2D eigenvalue weighted by molar-refractivity contribution is 7.59. The largest absolute Gasteiger partial charge is 0.486 e. The summed E-state index contributed by atoms with van der Waals surface area (Å²) in [4.78, 5) is 40.2. The van der Waals surface area contributed by atoms with E-state index in [0.29, 0.717) is 49.9 Å². The van der Waals surface area contributed by atoms with Crippen LogP contribution in [-0.4, -0.2) is 79.9 Å². The Morgan fingerprint density at radius 3 is 2.85 bits per heavy atom. The maximum Gasteiger partial charge on any atom is 0.219 e. The first-order valence-electron chi connectivity index (χ1n) is 12.8. The number of rotatable bonds is 11. The zero-order valence-corrected chi connectivity index (χ0v) is 22.9. The number of ketones is 1. The summed E-state index contributed by atoms with van der Waals surface area (Å²) in [6.07, 6.45) is 5.20. The molecule has 4 heterocycles. The van der Waals surface area contributed by atoms with Gasteiger partial charge in [-0.3, -0.25) is 14.5 Å². The first kappa shape index (κ1) is 28.5. The van der Waals surface area contributed by atoms with Gasteiger partial charge >= 0.3 is 0 Å². The molecule has 3 aromatic rings. The molecule has 11 nitrogen and oxygen atoms in total. The van der Waals surface area contributed by atoms with E-state index in [2.05, 4.69) is 37.3 Å². The van der Waals surface area contributed by atoms with E-state index >= 15 is 0 Å². The van der Waals surface area contributed by atoms with Crippen LogP contribution >= 0.6 is 13.5 Å². The zero-order chi connectivity index (χ0) is 26.5. The van der Waals surface area contributed by atoms with Crippen molar-refractivity contribution < 1.29 is 23.8 Å². The number of aliphatic hydroxyl groups excluding tert-OH is 1. The van der Waals surface area contributed by atoms with Crippen LogP contribution in [0.4, 0.5) is 5.82 Å². The van der Waals surface area contributed by atoms with E-state index in [0.717, 1.165) is 25.3 Å². The SMILES string of the molecule is CC(=O)N1CC(Nc2cc(C(=O)CC[C@H](O)CN3CCc4cc(OCc5cnco5)ccc4C3)ncn2)C1.S. The number of Topliss-reactive ketones (excluding diaryl/α,β-unsaturated/α-hetero) is 1. The molecule has 2 aliphatic heterocycles. The molecule has 0 spiro atoms. The van der Waals surface area contributed by atoms with Crippen LogP contribution in [0.25, 0.3) is 0 Å². The van der Waals surface area contributed by atoms with Crippen molar-refractivity contribution in [2.75, 3.05) is 31.5 Å². The molecule has 2 aromatic heterocycles. The lowest BCUT2D eigenvalue weighted by Crippen LogP contribution is -2.56. The summed E-state index contributed by atoms with van der Waals surface area (Å²) < 4.78 is 11.0. The minimum absolute atomic E-state index is 0. The fraction of sp³-hybridized carbons (Fsp3) is 0.444. The van der Waals surface area contributed by atoms with Crippen molar-refractivity contribution in [2.45, 2.75) is 51.5 Å². The van der Waals surface area contributed by atoms with Crippen molar-refractivity contribution in [1.29, 1.82) is 0 Å².